The molecule has 1 aromatic rings. The molecule has 1 atom stereocenters. The predicted molar refractivity (Wildman–Crippen MR) is 85.7 cm³/mol. The fraction of sp³-hybridized carbons (Fsp3) is 0.714. The van der Waals surface area contributed by atoms with Crippen molar-refractivity contribution in [2.75, 3.05) is 14.1 Å². The van der Waals surface area contributed by atoms with Gasteiger partial charge in [0.25, 0.3) is 10.0 Å². The van der Waals surface area contributed by atoms with E-state index in [-0.39, 0.29) is 6.04 Å². The fourth-order valence-electron chi connectivity index (χ4n) is 2.16. The Balaban J connectivity index is 3.01. The summed E-state index contributed by atoms with van der Waals surface area (Å²) in [5, 5.41) is 3.07. The maximum Gasteiger partial charge on any atom is 0.252 e. The van der Waals surface area contributed by atoms with Gasteiger partial charge in [-0.1, -0.05) is 13.8 Å². The molecule has 0 radical (unpaired) electrons. The Morgan fingerprint density at radius 2 is 1.95 bits per heavy atom. The van der Waals surface area contributed by atoms with E-state index >= 15 is 0 Å². The molecule has 0 spiro atoms. The molecule has 0 aliphatic rings. The lowest BCUT2D eigenvalue weighted by atomic mass is 10.1. The summed E-state index contributed by atoms with van der Waals surface area (Å²) in [5.74, 6) is 0.479. The summed E-state index contributed by atoms with van der Waals surface area (Å²) in [5.41, 5.74) is 1.04. The number of thiophene rings is 1. The van der Waals surface area contributed by atoms with Crippen molar-refractivity contribution in [3.63, 3.8) is 0 Å². The Morgan fingerprint density at radius 3 is 2.45 bits per heavy atom. The van der Waals surface area contributed by atoms with E-state index in [4.69, 9.17) is 0 Å². The summed E-state index contributed by atoms with van der Waals surface area (Å²) >= 11 is 1.36. The van der Waals surface area contributed by atoms with Gasteiger partial charge in [-0.3, -0.25) is 0 Å². The van der Waals surface area contributed by atoms with Crippen LogP contribution in [0.25, 0.3) is 0 Å². The third-order valence-corrected chi connectivity index (χ3v) is 7.06. The number of nitrogens with zero attached hydrogens (tertiary/aromatic N) is 1. The Morgan fingerprint density at radius 1 is 1.35 bits per heavy atom. The summed E-state index contributed by atoms with van der Waals surface area (Å²) in [7, 11) is 0.161. The quantitative estimate of drug-likeness (QED) is 0.841. The average Bonchev–Trinajstić information content (AvgIpc) is 2.70. The molecular weight excluding hydrogens is 292 g/mol. The van der Waals surface area contributed by atoms with Gasteiger partial charge in [-0.05, 0) is 44.9 Å². The molecule has 1 heterocycles. The van der Waals surface area contributed by atoms with Crippen molar-refractivity contribution in [1.82, 2.24) is 9.62 Å². The zero-order valence-corrected chi connectivity index (χ0v) is 14.9. The van der Waals surface area contributed by atoms with Gasteiger partial charge < -0.3 is 5.32 Å². The first-order chi connectivity index (χ1) is 9.20. The molecule has 0 fully saturated rings. The predicted octanol–water partition coefficient (Wildman–Crippen LogP) is 2.83. The van der Waals surface area contributed by atoms with Crippen LogP contribution >= 0.6 is 11.3 Å². The first-order valence-electron chi connectivity index (χ1n) is 6.92. The maximum absolute atomic E-state index is 12.6. The molecule has 0 saturated carbocycles. The average molecular weight is 319 g/mol. The van der Waals surface area contributed by atoms with Crippen LogP contribution in [0.5, 0.6) is 0 Å². The highest BCUT2D eigenvalue weighted by atomic mass is 32.2. The summed E-state index contributed by atoms with van der Waals surface area (Å²) in [6.07, 6.45) is 0.865. The van der Waals surface area contributed by atoms with Crippen LogP contribution in [0.3, 0.4) is 0 Å². The monoisotopic (exact) mass is 318 g/mol. The first kappa shape index (κ1) is 17.6. The van der Waals surface area contributed by atoms with Gasteiger partial charge in [0, 0.05) is 24.5 Å². The minimum absolute atomic E-state index is 0.00940. The lowest BCUT2D eigenvalue weighted by Gasteiger charge is -2.24. The van der Waals surface area contributed by atoms with E-state index < -0.39 is 10.0 Å². The molecule has 0 bridgehead atoms. The smallest absolute Gasteiger partial charge is 0.252 e. The van der Waals surface area contributed by atoms with Gasteiger partial charge in [0.05, 0.1) is 0 Å². The molecule has 116 valence electrons. The normalized spacial score (nSPS) is 14.2. The molecule has 20 heavy (non-hydrogen) atoms. The van der Waals surface area contributed by atoms with Gasteiger partial charge >= 0.3 is 0 Å². The number of rotatable bonds is 7. The number of nitrogens with one attached hydrogen (secondary N) is 1. The summed E-state index contributed by atoms with van der Waals surface area (Å²) in [6, 6.07) is 1.79. The van der Waals surface area contributed by atoms with Gasteiger partial charge in [0.1, 0.15) is 4.21 Å². The van der Waals surface area contributed by atoms with Crippen LogP contribution in [-0.4, -0.2) is 32.9 Å². The molecule has 0 aliphatic carbocycles. The van der Waals surface area contributed by atoms with E-state index in [0.29, 0.717) is 16.7 Å². The van der Waals surface area contributed by atoms with Crippen LogP contribution in [0.2, 0.25) is 0 Å². The molecule has 0 amide bonds. The van der Waals surface area contributed by atoms with Crippen molar-refractivity contribution in [3.8, 4) is 0 Å². The number of hydrogen-bond acceptors (Lipinski definition) is 4. The highest BCUT2D eigenvalue weighted by Gasteiger charge is 2.27. The SMILES string of the molecule is CNCc1sc(S(=O)(=O)N(C)C(C)CC(C)C)cc1C. The van der Waals surface area contributed by atoms with E-state index in [1.807, 2.05) is 20.9 Å². The van der Waals surface area contributed by atoms with Gasteiger partial charge in [-0.2, -0.15) is 4.31 Å². The second kappa shape index (κ2) is 7.02. The molecule has 6 heteroatoms. The van der Waals surface area contributed by atoms with E-state index in [1.165, 1.54) is 15.6 Å². The lowest BCUT2D eigenvalue weighted by molar-refractivity contribution is 0.338. The largest absolute Gasteiger partial charge is 0.315 e. The minimum Gasteiger partial charge on any atom is -0.315 e. The van der Waals surface area contributed by atoms with Crippen molar-refractivity contribution in [2.45, 2.75) is 50.9 Å². The van der Waals surface area contributed by atoms with Gasteiger partial charge in [-0.15, -0.1) is 11.3 Å². The topological polar surface area (TPSA) is 49.4 Å². The van der Waals surface area contributed by atoms with Crippen LogP contribution in [0, 0.1) is 12.8 Å². The van der Waals surface area contributed by atoms with Crippen LogP contribution < -0.4 is 5.32 Å². The van der Waals surface area contributed by atoms with Crippen LogP contribution in [-0.2, 0) is 16.6 Å². The standard InChI is InChI=1S/C14H26N2O2S2/c1-10(2)7-12(4)16(6)20(17,18)14-8-11(3)13(19-14)9-15-5/h8,10,12,15H,7,9H2,1-6H3. The van der Waals surface area contributed by atoms with Crippen molar-refractivity contribution in [2.24, 2.45) is 5.92 Å². The maximum atomic E-state index is 12.6. The van der Waals surface area contributed by atoms with Crippen LogP contribution in [0.15, 0.2) is 10.3 Å². The Hall–Kier alpha value is -0.430. The molecule has 0 saturated heterocycles. The van der Waals surface area contributed by atoms with E-state index in [9.17, 15) is 8.42 Å². The molecule has 1 N–H and O–H groups in total. The minimum atomic E-state index is -3.38. The van der Waals surface area contributed by atoms with Crippen molar-refractivity contribution >= 4 is 21.4 Å². The summed E-state index contributed by atoms with van der Waals surface area (Å²) in [4.78, 5) is 1.08. The second-order valence-corrected chi connectivity index (χ2v) is 9.06. The molecular formula is C14H26N2O2S2. The highest BCUT2D eigenvalue weighted by Crippen LogP contribution is 2.29. The molecule has 1 rings (SSSR count). The van der Waals surface area contributed by atoms with E-state index in [1.54, 1.807) is 13.1 Å². The molecule has 0 aliphatic heterocycles. The Kier molecular flexibility index (Phi) is 6.19. The van der Waals surface area contributed by atoms with Crippen molar-refractivity contribution in [3.05, 3.63) is 16.5 Å². The van der Waals surface area contributed by atoms with E-state index in [0.717, 1.165) is 16.9 Å². The number of hydrogen-bond donors (Lipinski definition) is 1. The molecule has 4 nitrogen and oxygen atoms in total. The Labute approximate surface area is 127 Å². The van der Waals surface area contributed by atoms with Crippen LogP contribution in [0.4, 0.5) is 0 Å². The second-order valence-electron chi connectivity index (χ2n) is 5.70. The molecule has 1 unspecified atom stereocenters. The molecule has 0 aromatic carbocycles. The van der Waals surface area contributed by atoms with Gasteiger partial charge in [0.2, 0.25) is 0 Å². The first-order valence-corrected chi connectivity index (χ1v) is 9.17. The third-order valence-electron chi connectivity index (χ3n) is 3.40. The van der Waals surface area contributed by atoms with Gasteiger partial charge in [-0.25, -0.2) is 8.42 Å². The zero-order chi connectivity index (χ0) is 15.5. The number of aryl methyl sites for hydroxylation is 1. The lowest BCUT2D eigenvalue weighted by Crippen LogP contribution is -2.35. The highest BCUT2D eigenvalue weighted by molar-refractivity contribution is 7.91. The number of sulfonamides is 1. The zero-order valence-electron chi connectivity index (χ0n) is 13.2. The Bertz CT molecular complexity index is 535. The van der Waals surface area contributed by atoms with E-state index in [2.05, 4.69) is 19.2 Å². The summed E-state index contributed by atoms with van der Waals surface area (Å²) < 4.78 is 27.2. The van der Waals surface area contributed by atoms with Crippen molar-refractivity contribution < 1.29 is 8.42 Å². The molecule has 1 aromatic heterocycles. The van der Waals surface area contributed by atoms with Gasteiger partial charge in [0.15, 0.2) is 0 Å². The fourth-order valence-corrected chi connectivity index (χ4v) is 5.32. The summed E-state index contributed by atoms with van der Waals surface area (Å²) in [6.45, 7) is 8.85. The van der Waals surface area contributed by atoms with Crippen molar-refractivity contribution in [1.29, 1.82) is 0 Å². The third kappa shape index (κ3) is 4.04. The van der Waals surface area contributed by atoms with Crippen LogP contribution in [0.1, 0.15) is 37.6 Å².